The van der Waals surface area contributed by atoms with Crippen LogP contribution >= 0.6 is 0 Å². The standard InChI is InChI=1S/C8H19N3O/c1-7(9-2)8(12)10-5-6-11(3)4/h7,9H,5-6H2,1-4H3,(H,10,12). The first kappa shape index (κ1) is 11.4. The zero-order valence-electron chi connectivity index (χ0n) is 8.35. The summed E-state index contributed by atoms with van der Waals surface area (Å²) in [5.74, 6) is 0.0550. The van der Waals surface area contributed by atoms with Gasteiger partial charge in [-0.05, 0) is 28.1 Å². The molecule has 2 N–H and O–H groups in total. The van der Waals surface area contributed by atoms with Crippen LogP contribution < -0.4 is 10.6 Å². The fraction of sp³-hybridized carbons (Fsp3) is 0.875. The van der Waals surface area contributed by atoms with E-state index in [0.717, 1.165) is 6.54 Å². The molecule has 0 aliphatic carbocycles. The zero-order chi connectivity index (χ0) is 9.56. The van der Waals surface area contributed by atoms with Crippen molar-refractivity contribution in [1.82, 2.24) is 15.5 Å². The Morgan fingerprint density at radius 2 is 2.08 bits per heavy atom. The van der Waals surface area contributed by atoms with E-state index < -0.39 is 0 Å². The van der Waals surface area contributed by atoms with Gasteiger partial charge >= 0.3 is 0 Å². The third-order valence-corrected chi connectivity index (χ3v) is 1.68. The summed E-state index contributed by atoms with van der Waals surface area (Å²) in [4.78, 5) is 13.2. The van der Waals surface area contributed by atoms with E-state index in [1.54, 1.807) is 7.05 Å². The smallest absolute Gasteiger partial charge is 0.236 e. The van der Waals surface area contributed by atoms with Crippen LogP contribution in [0.25, 0.3) is 0 Å². The van der Waals surface area contributed by atoms with E-state index in [0.29, 0.717) is 6.54 Å². The van der Waals surface area contributed by atoms with Gasteiger partial charge in [-0.25, -0.2) is 0 Å². The van der Waals surface area contributed by atoms with Gasteiger partial charge in [-0.1, -0.05) is 0 Å². The molecule has 1 atom stereocenters. The molecule has 0 rings (SSSR count). The number of likely N-dealkylation sites (N-methyl/N-ethyl adjacent to an activating group) is 2. The highest BCUT2D eigenvalue weighted by Crippen LogP contribution is 1.79. The Bertz CT molecular complexity index is 136. The van der Waals surface area contributed by atoms with Crippen molar-refractivity contribution in [3.8, 4) is 0 Å². The lowest BCUT2D eigenvalue weighted by Gasteiger charge is -2.13. The topological polar surface area (TPSA) is 44.4 Å². The Labute approximate surface area is 74.3 Å². The molecule has 0 aromatic heterocycles. The molecule has 72 valence electrons. The van der Waals surface area contributed by atoms with E-state index in [4.69, 9.17) is 0 Å². The Hall–Kier alpha value is -0.610. The summed E-state index contributed by atoms with van der Waals surface area (Å²) in [7, 11) is 5.73. The number of nitrogens with zero attached hydrogens (tertiary/aromatic N) is 1. The number of hydrogen-bond acceptors (Lipinski definition) is 3. The number of hydrogen-bond donors (Lipinski definition) is 2. The molecule has 0 bridgehead atoms. The molecular formula is C8H19N3O. The largest absolute Gasteiger partial charge is 0.353 e. The molecule has 0 heterocycles. The molecule has 0 aliphatic heterocycles. The van der Waals surface area contributed by atoms with Crippen LogP contribution in [-0.4, -0.2) is 51.1 Å². The number of carbonyl (C=O) groups is 1. The molecule has 1 unspecified atom stereocenters. The molecule has 0 fully saturated rings. The van der Waals surface area contributed by atoms with Crippen LogP contribution in [0.4, 0.5) is 0 Å². The molecule has 4 nitrogen and oxygen atoms in total. The van der Waals surface area contributed by atoms with Gasteiger partial charge in [0.05, 0.1) is 6.04 Å². The minimum absolute atomic E-state index is 0.0550. The van der Waals surface area contributed by atoms with E-state index in [2.05, 4.69) is 10.6 Å². The Morgan fingerprint density at radius 3 is 2.50 bits per heavy atom. The van der Waals surface area contributed by atoms with Crippen molar-refractivity contribution in [3.63, 3.8) is 0 Å². The third kappa shape index (κ3) is 5.09. The van der Waals surface area contributed by atoms with E-state index >= 15 is 0 Å². The summed E-state index contributed by atoms with van der Waals surface area (Å²) in [6.07, 6.45) is 0. The van der Waals surface area contributed by atoms with Crippen LogP contribution in [0.2, 0.25) is 0 Å². The number of carbonyl (C=O) groups excluding carboxylic acids is 1. The first-order chi connectivity index (χ1) is 5.57. The highest BCUT2D eigenvalue weighted by molar-refractivity contribution is 5.81. The molecule has 4 heteroatoms. The van der Waals surface area contributed by atoms with Gasteiger partial charge in [-0.2, -0.15) is 0 Å². The Balaban J connectivity index is 3.44. The summed E-state index contributed by atoms with van der Waals surface area (Å²) in [5, 5.41) is 5.70. The average Bonchev–Trinajstić information content (AvgIpc) is 2.02. The van der Waals surface area contributed by atoms with Crippen molar-refractivity contribution in [3.05, 3.63) is 0 Å². The SMILES string of the molecule is CNC(C)C(=O)NCCN(C)C. The zero-order valence-corrected chi connectivity index (χ0v) is 8.35. The Morgan fingerprint density at radius 1 is 1.50 bits per heavy atom. The van der Waals surface area contributed by atoms with Crippen molar-refractivity contribution in [2.75, 3.05) is 34.2 Å². The maximum Gasteiger partial charge on any atom is 0.236 e. The number of rotatable bonds is 5. The number of amides is 1. The summed E-state index contributed by atoms with van der Waals surface area (Å²) < 4.78 is 0. The van der Waals surface area contributed by atoms with Crippen molar-refractivity contribution in [2.45, 2.75) is 13.0 Å². The summed E-state index contributed by atoms with van der Waals surface area (Å²) >= 11 is 0. The van der Waals surface area contributed by atoms with Gasteiger partial charge in [-0.15, -0.1) is 0 Å². The minimum Gasteiger partial charge on any atom is -0.353 e. The normalized spacial score (nSPS) is 13.1. The van der Waals surface area contributed by atoms with E-state index in [1.165, 1.54) is 0 Å². The minimum atomic E-state index is -0.104. The highest BCUT2D eigenvalue weighted by atomic mass is 16.2. The maximum absolute atomic E-state index is 11.2. The predicted molar refractivity (Wildman–Crippen MR) is 50.1 cm³/mol. The number of nitrogens with one attached hydrogen (secondary N) is 2. The van der Waals surface area contributed by atoms with Gasteiger partial charge in [0.1, 0.15) is 0 Å². The van der Waals surface area contributed by atoms with Crippen LogP contribution in [0.3, 0.4) is 0 Å². The quantitative estimate of drug-likeness (QED) is 0.576. The van der Waals surface area contributed by atoms with Crippen molar-refractivity contribution < 1.29 is 4.79 Å². The maximum atomic E-state index is 11.2. The molecule has 0 aromatic rings. The second-order valence-electron chi connectivity index (χ2n) is 3.10. The second kappa shape index (κ2) is 5.97. The fourth-order valence-electron chi connectivity index (χ4n) is 0.687. The van der Waals surface area contributed by atoms with E-state index in [1.807, 2.05) is 25.9 Å². The lowest BCUT2D eigenvalue weighted by molar-refractivity contribution is -0.122. The molecule has 0 spiro atoms. The summed E-state index contributed by atoms with van der Waals surface area (Å²) in [5.41, 5.74) is 0. The molecule has 12 heavy (non-hydrogen) atoms. The summed E-state index contributed by atoms with van der Waals surface area (Å²) in [6.45, 7) is 3.42. The molecule has 0 aliphatic rings. The van der Waals surface area contributed by atoms with Crippen LogP contribution in [0, 0.1) is 0 Å². The molecule has 0 radical (unpaired) electrons. The van der Waals surface area contributed by atoms with Crippen LogP contribution in [0.1, 0.15) is 6.92 Å². The molecule has 0 aromatic carbocycles. The van der Waals surface area contributed by atoms with Crippen molar-refractivity contribution >= 4 is 5.91 Å². The first-order valence-corrected chi connectivity index (χ1v) is 4.17. The molecule has 1 amide bonds. The van der Waals surface area contributed by atoms with Crippen molar-refractivity contribution in [2.24, 2.45) is 0 Å². The first-order valence-electron chi connectivity index (χ1n) is 4.17. The lowest BCUT2D eigenvalue weighted by Crippen LogP contribution is -2.42. The van der Waals surface area contributed by atoms with Gasteiger partial charge in [-0.3, -0.25) is 4.79 Å². The van der Waals surface area contributed by atoms with Crippen LogP contribution in [0.15, 0.2) is 0 Å². The summed E-state index contributed by atoms with van der Waals surface area (Å²) in [6, 6.07) is -0.104. The average molecular weight is 173 g/mol. The van der Waals surface area contributed by atoms with E-state index in [9.17, 15) is 4.79 Å². The molecule has 0 saturated carbocycles. The van der Waals surface area contributed by atoms with Gasteiger partial charge in [0.25, 0.3) is 0 Å². The highest BCUT2D eigenvalue weighted by Gasteiger charge is 2.08. The molecular weight excluding hydrogens is 154 g/mol. The fourth-order valence-corrected chi connectivity index (χ4v) is 0.687. The Kier molecular flexibility index (Phi) is 5.66. The monoisotopic (exact) mass is 173 g/mol. The lowest BCUT2D eigenvalue weighted by atomic mass is 10.3. The predicted octanol–water partition coefficient (Wildman–Crippen LogP) is -0.728. The molecule has 0 saturated heterocycles. The van der Waals surface area contributed by atoms with Crippen LogP contribution in [0.5, 0.6) is 0 Å². The van der Waals surface area contributed by atoms with Gasteiger partial charge in [0.15, 0.2) is 0 Å². The van der Waals surface area contributed by atoms with Crippen LogP contribution in [-0.2, 0) is 4.79 Å². The van der Waals surface area contributed by atoms with E-state index in [-0.39, 0.29) is 11.9 Å². The second-order valence-corrected chi connectivity index (χ2v) is 3.10. The van der Waals surface area contributed by atoms with Gasteiger partial charge < -0.3 is 15.5 Å². The van der Waals surface area contributed by atoms with Gasteiger partial charge in [0.2, 0.25) is 5.91 Å². The van der Waals surface area contributed by atoms with Crippen molar-refractivity contribution in [1.29, 1.82) is 0 Å². The van der Waals surface area contributed by atoms with Gasteiger partial charge in [0, 0.05) is 13.1 Å². The third-order valence-electron chi connectivity index (χ3n) is 1.68.